The Balaban J connectivity index is 1.80. The van der Waals surface area contributed by atoms with Crippen molar-refractivity contribution in [2.45, 2.75) is 51.9 Å². The summed E-state index contributed by atoms with van der Waals surface area (Å²) in [7, 11) is 0. The molecule has 6 rings (SSSR count). The zero-order chi connectivity index (χ0) is 41.7. The first kappa shape index (κ1) is 11.5. The summed E-state index contributed by atoms with van der Waals surface area (Å²) in [5.74, 6) is 0. The van der Waals surface area contributed by atoms with E-state index in [-0.39, 0.29) is 5.56 Å². The van der Waals surface area contributed by atoms with E-state index < -0.39 is 68.5 Å². The second kappa shape index (κ2) is 8.60. The molecule has 0 atom stereocenters. The topological polar surface area (TPSA) is 3.24 Å². The van der Waals surface area contributed by atoms with Crippen LogP contribution in [-0.2, 0) is 10.8 Å². The lowest BCUT2D eigenvalue weighted by molar-refractivity contribution is 0.125. The summed E-state index contributed by atoms with van der Waals surface area (Å²) in [5, 5.41) is 1.21. The van der Waals surface area contributed by atoms with Crippen LogP contribution in [0, 0.1) is 5.41 Å². The fourth-order valence-electron chi connectivity index (χ4n) is 5.35. The summed E-state index contributed by atoms with van der Waals surface area (Å²) >= 11 is 0. The third kappa shape index (κ3) is 3.45. The molecular formula is C37H37N. The summed E-state index contributed by atoms with van der Waals surface area (Å²) < 4.78 is 157. The van der Waals surface area contributed by atoms with Crippen LogP contribution < -0.4 is 4.90 Å². The molecule has 0 spiro atoms. The van der Waals surface area contributed by atoms with Crippen molar-refractivity contribution in [1.82, 2.24) is 0 Å². The van der Waals surface area contributed by atoms with Gasteiger partial charge in [-0.1, -0.05) is 126 Å². The molecule has 0 radical (unpaired) electrons. The van der Waals surface area contributed by atoms with Crippen molar-refractivity contribution in [3.63, 3.8) is 0 Å². The molecule has 1 nitrogen and oxygen atoms in total. The Morgan fingerprint density at radius 1 is 0.526 bits per heavy atom. The van der Waals surface area contributed by atoms with E-state index in [2.05, 4.69) is 0 Å². The fourth-order valence-corrected chi connectivity index (χ4v) is 5.35. The van der Waals surface area contributed by atoms with Gasteiger partial charge in [-0.3, -0.25) is 0 Å². The second-order valence-corrected chi connectivity index (χ2v) is 9.69. The SMILES string of the molecule is [2H]C([2H])([2H])C1(C([2H])([2H])[2H])c2ccc(-c3ccc(N(c4ccccc4)c4ccccc4)c4ccccc34)cc2C(C([2H])([2H])[2H])(C([2H])([2H])[2H])C1(C([2H])([2H])[2H])C([2H])([2H])[2H]. The first-order chi connectivity index (χ1) is 25.6. The molecule has 5 aromatic carbocycles. The van der Waals surface area contributed by atoms with E-state index in [1.54, 1.807) is 30.3 Å². The van der Waals surface area contributed by atoms with Crippen LogP contribution in [0.1, 0.15) is 76.9 Å². The van der Waals surface area contributed by atoms with Crippen LogP contribution >= 0.6 is 0 Å². The molecule has 0 fully saturated rings. The molecule has 1 aliphatic rings. The van der Waals surface area contributed by atoms with Crippen molar-refractivity contribution < 1.29 is 24.7 Å². The van der Waals surface area contributed by atoms with Gasteiger partial charge in [0.25, 0.3) is 0 Å². The van der Waals surface area contributed by atoms with Gasteiger partial charge >= 0.3 is 0 Å². The predicted molar refractivity (Wildman–Crippen MR) is 164 cm³/mol. The minimum atomic E-state index is -4.45. The zero-order valence-corrected chi connectivity index (χ0v) is 20.4. The van der Waals surface area contributed by atoms with Gasteiger partial charge in [0.2, 0.25) is 0 Å². The van der Waals surface area contributed by atoms with Gasteiger partial charge in [0.15, 0.2) is 0 Å². The average molecular weight is 514 g/mol. The molecule has 0 saturated heterocycles. The van der Waals surface area contributed by atoms with E-state index in [4.69, 9.17) is 24.7 Å². The highest BCUT2D eigenvalue weighted by Crippen LogP contribution is 2.62. The number of para-hydroxylation sites is 2. The minimum Gasteiger partial charge on any atom is -0.310 e. The number of rotatable bonds is 4. The van der Waals surface area contributed by atoms with Crippen LogP contribution in [0.2, 0.25) is 0 Å². The highest BCUT2D eigenvalue weighted by atomic mass is 15.1. The van der Waals surface area contributed by atoms with E-state index in [0.29, 0.717) is 22.0 Å². The summed E-state index contributed by atoms with van der Waals surface area (Å²) in [6.45, 7) is -25.2. The van der Waals surface area contributed by atoms with Gasteiger partial charge in [0.1, 0.15) is 0 Å². The van der Waals surface area contributed by atoms with Crippen LogP contribution in [0.3, 0.4) is 0 Å². The molecule has 0 bridgehead atoms. The average Bonchev–Trinajstić information content (AvgIpc) is 3.37. The Labute approximate surface area is 253 Å². The number of anilines is 3. The highest BCUT2D eigenvalue weighted by Gasteiger charge is 2.56. The molecule has 1 heteroatoms. The van der Waals surface area contributed by atoms with E-state index in [0.717, 1.165) is 23.5 Å². The zero-order valence-electron chi connectivity index (χ0n) is 38.4. The lowest BCUT2D eigenvalue weighted by Gasteiger charge is -2.44. The Bertz CT molecular complexity index is 2160. The molecule has 0 amide bonds. The quantitative estimate of drug-likeness (QED) is 0.231. The molecule has 0 aliphatic heterocycles. The monoisotopic (exact) mass is 513 g/mol. The van der Waals surface area contributed by atoms with Crippen molar-refractivity contribution in [2.24, 2.45) is 5.41 Å². The molecule has 1 aliphatic carbocycles. The summed E-state index contributed by atoms with van der Waals surface area (Å²) in [6.07, 6.45) is 0. The maximum absolute atomic E-state index is 8.81. The Kier molecular flexibility index (Phi) is 2.60. The number of hydrogen-bond donors (Lipinski definition) is 0. The van der Waals surface area contributed by atoms with Crippen molar-refractivity contribution in [3.8, 4) is 11.1 Å². The van der Waals surface area contributed by atoms with Crippen LogP contribution in [-0.4, -0.2) is 0 Å². The van der Waals surface area contributed by atoms with Gasteiger partial charge in [-0.2, -0.15) is 0 Å². The predicted octanol–water partition coefficient (Wildman–Crippen LogP) is 10.6. The number of nitrogens with zero attached hydrogens (tertiary/aromatic N) is 1. The van der Waals surface area contributed by atoms with Crippen molar-refractivity contribution >= 4 is 27.8 Å². The maximum atomic E-state index is 8.81. The van der Waals surface area contributed by atoms with Crippen LogP contribution in [0.15, 0.2) is 115 Å². The van der Waals surface area contributed by atoms with E-state index in [1.807, 2.05) is 71.6 Å². The van der Waals surface area contributed by atoms with Gasteiger partial charge in [0.05, 0.1) is 5.69 Å². The Hall–Kier alpha value is -3.84. The third-order valence-corrected chi connectivity index (χ3v) is 7.43. The van der Waals surface area contributed by atoms with Crippen LogP contribution in [0.25, 0.3) is 21.9 Å². The first-order valence-corrected chi connectivity index (χ1v) is 12.2. The van der Waals surface area contributed by atoms with E-state index >= 15 is 0 Å². The summed E-state index contributed by atoms with van der Waals surface area (Å²) in [6, 6.07) is 32.6. The smallest absolute Gasteiger partial charge is 0.0540 e. The Morgan fingerprint density at radius 3 is 1.71 bits per heavy atom. The second-order valence-electron chi connectivity index (χ2n) is 9.69. The van der Waals surface area contributed by atoms with E-state index in [9.17, 15) is 0 Å². The van der Waals surface area contributed by atoms with Gasteiger partial charge in [-0.25, -0.2) is 0 Å². The van der Waals surface area contributed by atoms with Gasteiger partial charge in [-0.15, -0.1) is 0 Å². The van der Waals surface area contributed by atoms with Crippen molar-refractivity contribution in [1.29, 1.82) is 0 Å². The molecule has 38 heavy (non-hydrogen) atoms. The van der Waals surface area contributed by atoms with Crippen LogP contribution in [0.5, 0.6) is 0 Å². The summed E-state index contributed by atoms with van der Waals surface area (Å²) in [4.78, 5) is 2.01. The molecule has 0 aromatic heterocycles. The van der Waals surface area contributed by atoms with Gasteiger partial charge in [0, 0.05) is 41.4 Å². The number of benzene rings is 5. The lowest BCUT2D eigenvalue weighted by Crippen LogP contribution is -2.42. The van der Waals surface area contributed by atoms with Crippen molar-refractivity contribution in [3.05, 3.63) is 126 Å². The summed E-state index contributed by atoms with van der Waals surface area (Å²) in [5.41, 5.74) is -11.9. The molecular weight excluding hydrogens is 458 g/mol. The first-order valence-electron chi connectivity index (χ1n) is 21.2. The molecule has 5 aromatic rings. The number of hydrogen-bond acceptors (Lipinski definition) is 1. The number of fused-ring (bicyclic) bond motifs is 2. The molecule has 0 heterocycles. The molecule has 0 N–H and O–H groups in total. The van der Waals surface area contributed by atoms with Crippen molar-refractivity contribution in [2.75, 3.05) is 4.90 Å². The van der Waals surface area contributed by atoms with Gasteiger partial charge in [-0.05, 0) is 74.2 Å². The molecule has 0 saturated carbocycles. The van der Waals surface area contributed by atoms with Gasteiger partial charge < -0.3 is 4.90 Å². The minimum absolute atomic E-state index is 0.0622. The lowest BCUT2D eigenvalue weighted by atomic mass is 9.59. The molecule has 190 valence electrons. The highest BCUT2D eigenvalue weighted by molar-refractivity contribution is 6.06. The normalized spacial score (nSPS) is 25.8. The molecule has 0 unspecified atom stereocenters. The Morgan fingerprint density at radius 2 is 1.11 bits per heavy atom. The fraction of sp³-hybridized carbons (Fsp3) is 0.243. The largest absolute Gasteiger partial charge is 0.310 e. The standard InChI is InChI=1S/C37H37N/c1-35(2)32-23-21-26(25-33(32)36(3,4)37(35,5)6)29-22-24-34(31-20-14-13-19-30(29)31)38(27-15-9-7-10-16-27)28-17-11-8-12-18-28/h7-25H,1-6H3/i1D3,2D3,3D3,4D3,5D3,6D3. The maximum Gasteiger partial charge on any atom is 0.0540 e. The third-order valence-electron chi connectivity index (χ3n) is 7.43. The van der Waals surface area contributed by atoms with E-state index in [1.165, 1.54) is 6.07 Å². The van der Waals surface area contributed by atoms with Crippen LogP contribution in [0.4, 0.5) is 17.1 Å².